The molecule has 2 N–H and O–H groups in total. The summed E-state index contributed by atoms with van der Waals surface area (Å²) in [5, 5.41) is 3.19. The zero-order valence-corrected chi connectivity index (χ0v) is 17.7. The number of carbonyl (C=O) groups is 2. The molecule has 0 aromatic carbocycles. The Morgan fingerprint density at radius 1 is 1.39 bits per heavy atom. The van der Waals surface area contributed by atoms with Crippen LogP contribution < -0.4 is 10.9 Å². The topological polar surface area (TPSA) is 108 Å². The Labute approximate surface area is 171 Å². The van der Waals surface area contributed by atoms with Crippen LogP contribution in [0.4, 0.5) is 5.13 Å². The lowest BCUT2D eigenvalue weighted by Gasteiger charge is -2.26. The lowest BCUT2D eigenvalue weighted by Crippen LogP contribution is -2.36. The van der Waals surface area contributed by atoms with E-state index in [0.29, 0.717) is 48.6 Å². The van der Waals surface area contributed by atoms with Crippen molar-refractivity contribution in [3.05, 3.63) is 38.5 Å². The van der Waals surface area contributed by atoms with Crippen molar-refractivity contribution in [1.29, 1.82) is 0 Å². The van der Waals surface area contributed by atoms with Crippen LogP contribution in [0.15, 0.2) is 10.9 Å². The van der Waals surface area contributed by atoms with Gasteiger partial charge in [-0.15, -0.1) is 0 Å². The average molecular weight is 422 g/mol. The van der Waals surface area contributed by atoms with Gasteiger partial charge in [-0.25, -0.2) is 9.97 Å². The third-order valence-corrected chi connectivity index (χ3v) is 5.75. The lowest BCUT2D eigenvalue weighted by molar-refractivity contribution is -0.132. The molecule has 28 heavy (non-hydrogen) atoms. The van der Waals surface area contributed by atoms with Crippen molar-refractivity contribution in [1.82, 2.24) is 19.9 Å². The molecule has 0 fully saturated rings. The van der Waals surface area contributed by atoms with Crippen LogP contribution >= 0.6 is 23.1 Å². The van der Waals surface area contributed by atoms with Crippen molar-refractivity contribution in [3.63, 3.8) is 0 Å². The lowest BCUT2D eigenvalue weighted by atomic mass is 10.1. The number of carbonyl (C=O) groups excluding carboxylic acids is 2. The first kappa shape index (κ1) is 20.5. The van der Waals surface area contributed by atoms with Gasteiger partial charge in [-0.1, -0.05) is 25.2 Å². The predicted octanol–water partition coefficient (Wildman–Crippen LogP) is 2.27. The van der Waals surface area contributed by atoms with E-state index < -0.39 is 5.91 Å². The summed E-state index contributed by atoms with van der Waals surface area (Å²) in [6.07, 6.45) is 3.10. The quantitative estimate of drug-likeness (QED) is 0.741. The largest absolute Gasteiger partial charge is 0.337 e. The molecule has 0 saturated heterocycles. The minimum atomic E-state index is -0.465. The highest BCUT2D eigenvalue weighted by atomic mass is 32.2. The molecule has 0 atom stereocenters. The number of aromatic amines is 1. The SMILES string of the molecule is CSCc1nc(C(=O)Nc2nc3c(s2)CN(C(=O)CC(C)C)CC3)cc(=O)[nH]1. The molecular formula is C18H23N5O3S2. The number of hydrogen-bond acceptors (Lipinski definition) is 7. The summed E-state index contributed by atoms with van der Waals surface area (Å²) >= 11 is 2.87. The van der Waals surface area contributed by atoms with Gasteiger partial charge >= 0.3 is 0 Å². The number of aromatic nitrogens is 3. The van der Waals surface area contributed by atoms with Gasteiger partial charge in [0.25, 0.3) is 11.5 Å². The monoisotopic (exact) mass is 421 g/mol. The summed E-state index contributed by atoms with van der Waals surface area (Å²) in [4.78, 5) is 50.7. The molecule has 0 radical (unpaired) electrons. The maximum atomic E-state index is 12.5. The molecule has 0 aliphatic carbocycles. The third kappa shape index (κ3) is 4.99. The Balaban J connectivity index is 1.70. The molecule has 0 unspecified atom stereocenters. The molecule has 3 rings (SSSR count). The summed E-state index contributed by atoms with van der Waals surface area (Å²) in [6.45, 7) is 5.22. The molecule has 0 bridgehead atoms. The zero-order valence-electron chi connectivity index (χ0n) is 16.1. The van der Waals surface area contributed by atoms with Crippen LogP contribution in [0.2, 0.25) is 0 Å². The first-order valence-corrected chi connectivity index (χ1v) is 11.2. The van der Waals surface area contributed by atoms with Gasteiger partial charge in [0.2, 0.25) is 5.91 Å². The van der Waals surface area contributed by atoms with Crippen molar-refractivity contribution < 1.29 is 9.59 Å². The Bertz CT molecular complexity index is 938. The third-order valence-electron chi connectivity index (χ3n) is 4.19. The van der Waals surface area contributed by atoms with E-state index in [1.807, 2.05) is 25.0 Å². The minimum absolute atomic E-state index is 0.0645. The van der Waals surface area contributed by atoms with Gasteiger partial charge in [0.15, 0.2) is 5.13 Å². The normalized spacial score (nSPS) is 13.5. The van der Waals surface area contributed by atoms with Crippen LogP contribution in [0.25, 0.3) is 0 Å². The van der Waals surface area contributed by atoms with Crippen LogP contribution in [0.3, 0.4) is 0 Å². The number of anilines is 1. The molecule has 1 aliphatic heterocycles. The first-order valence-electron chi connectivity index (χ1n) is 9.02. The number of thioether (sulfide) groups is 1. The first-order chi connectivity index (χ1) is 13.4. The van der Waals surface area contributed by atoms with E-state index in [1.165, 1.54) is 29.2 Å². The highest BCUT2D eigenvalue weighted by molar-refractivity contribution is 7.97. The van der Waals surface area contributed by atoms with E-state index in [1.54, 1.807) is 0 Å². The number of amides is 2. The molecule has 150 valence electrons. The summed E-state index contributed by atoms with van der Waals surface area (Å²) < 4.78 is 0. The molecular weight excluding hydrogens is 398 g/mol. The Kier molecular flexibility index (Phi) is 6.50. The van der Waals surface area contributed by atoms with Gasteiger partial charge in [-0.2, -0.15) is 11.8 Å². The van der Waals surface area contributed by atoms with Crippen LogP contribution in [0.1, 0.15) is 47.2 Å². The summed E-state index contributed by atoms with van der Waals surface area (Å²) in [5.74, 6) is 0.980. The van der Waals surface area contributed by atoms with Crippen molar-refractivity contribution in [2.45, 2.75) is 39.0 Å². The van der Waals surface area contributed by atoms with Crippen LogP contribution in [-0.4, -0.2) is 44.5 Å². The average Bonchev–Trinajstić information content (AvgIpc) is 3.02. The van der Waals surface area contributed by atoms with E-state index in [4.69, 9.17) is 0 Å². The fourth-order valence-corrected chi connectivity index (χ4v) is 4.36. The van der Waals surface area contributed by atoms with Gasteiger partial charge in [-0.3, -0.25) is 19.7 Å². The van der Waals surface area contributed by atoms with Gasteiger partial charge < -0.3 is 9.88 Å². The number of fused-ring (bicyclic) bond motifs is 1. The summed E-state index contributed by atoms with van der Waals surface area (Å²) in [6, 6.07) is 1.18. The van der Waals surface area contributed by atoms with Gasteiger partial charge in [-0.05, 0) is 12.2 Å². The number of nitrogens with one attached hydrogen (secondary N) is 2. The number of H-pyrrole nitrogens is 1. The van der Waals surface area contributed by atoms with Crippen molar-refractivity contribution in [3.8, 4) is 0 Å². The number of hydrogen-bond donors (Lipinski definition) is 2. The molecule has 2 amide bonds. The molecule has 1 aliphatic rings. The molecule has 2 aromatic heterocycles. The van der Waals surface area contributed by atoms with E-state index in [9.17, 15) is 14.4 Å². The van der Waals surface area contributed by atoms with Crippen molar-refractivity contribution in [2.75, 3.05) is 18.1 Å². The minimum Gasteiger partial charge on any atom is -0.337 e. The molecule has 2 aromatic rings. The number of rotatable bonds is 6. The molecule has 8 nitrogen and oxygen atoms in total. The van der Waals surface area contributed by atoms with E-state index in [-0.39, 0.29) is 17.2 Å². The Morgan fingerprint density at radius 3 is 2.89 bits per heavy atom. The highest BCUT2D eigenvalue weighted by Gasteiger charge is 2.25. The standard InChI is InChI=1S/C18H23N5O3S2/c1-10(2)6-16(25)23-5-4-11-13(8-23)28-18(20-11)22-17(26)12-7-15(24)21-14(19-12)9-27-3/h7,10H,4-6,8-9H2,1-3H3,(H,19,21,24)(H,20,22,26). The van der Waals surface area contributed by atoms with Crippen LogP contribution in [-0.2, 0) is 23.5 Å². The molecule has 0 saturated carbocycles. The second-order valence-electron chi connectivity index (χ2n) is 7.02. The summed E-state index contributed by atoms with van der Waals surface area (Å²) in [7, 11) is 0. The van der Waals surface area contributed by atoms with E-state index in [0.717, 1.165) is 10.6 Å². The Morgan fingerprint density at radius 2 is 2.18 bits per heavy atom. The second kappa shape index (κ2) is 8.87. The van der Waals surface area contributed by atoms with E-state index >= 15 is 0 Å². The van der Waals surface area contributed by atoms with Gasteiger partial charge in [0.05, 0.1) is 18.0 Å². The summed E-state index contributed by atoms with van der Waals surface area (Å²) in [5.41, 5.74) is 0.618. The van der Waals surface area contributed by atoms with Crippen LogP contribution in [0, 0.1) is 5.92 Å². The van der Waals surface area contributed by atoms with Crippen molar-refractivity contribution in [2.24, 2.45) is 5.92 Å². The maximum absolute atomic E-state index is 12.5. The molecule has 0 spiro atoms. The fourth-order valence-electron chi connectivity index (χ4n) is 2.93. The fraction of sp³-hybridized carbons (Fsp3) is 0.500. The zero-order chi connectivity index (χ0) is 20.3. The van der Waals surface area contributed by atoms with E-state index in [2.05, 4.69) is 20.3 Å². The smallest absolute Gasteiger partial charge is 0.276 e. The Hall–Kier alpha value is -2.20. The number of thiazole rings is 1. The maximum Gasteiger partial charge on any atom is 0.276 e. The predicted molar refractivity (Wildman–Crippen MR) is 111 cm³/mol. The molecule has 10 heteroatoms. The second-order valence-corrected chi connectivity index (χ2v) is 8.97. The highest BCUT2D eigenvalue weighted by Crippen LogP contribution is 2.29. The molecule has 3 heterocycles. The van der Waals surface area contributed by atoms with Crippen molar-refractivity contribution >= 4 is 40.0 Å². The van der Waals surface area contributed by atoms with Crippen LogP contribution in [0.5, 0.6) is 0 Å². The van der Waals surface area contributed by atoms with Gasteiger partial charge in [0, 0.05) is 30.3 Å². The number of nitrogens with zero attached hydrogens (tertiary/aromatic N) is 3. The van der Waals surface area contributed by atoms with Gasteiger partial charge in [0.1, 0.15) is 11.5 Å².